The third-order valence-electron chi connectivity index (χ3n) is 6.28. The van der Waals surface area contributed by atoms with Crippen molar-refractivity contribution in [2.24, 2.45) is 0 Å². The summed E-state index contributed by atoms with van der Waals surface area (Å²) in [6.45, 7) is 4.66. The molecular weight excluding hydrogens is 454 g/mol. The highest BCUT2D eigenvalue weighted by molar-refractivity contribution is 7.92. The van der Waals surface area contributed by atoms with Crippen molar-refractivity contribution < 1.29 is 18.0 Å². The minimum absolute atomic E-state index is 0.250. The number of nitrogens with one attached hydrogen (secondary N) is 2. The largest absolute Gasteiger partial charge is 0.369 e. The zero-order chi connectivity index (χ0) is 24.1. The van der Waals surface area contributed by atoms with E-state index in [4.69, 9.17) is 0 Å². The number of amides is 2. The van der Waals surface area contributed by atoms with Crippen molar-refractivity contribution in [3.8, 4) is 0 Å². The molecule has 2 amide bonds. The Hall–Kier alpha value is -3.11. The molecule has 0 aromatic heterocycles. The summed E-state index contributed by atoms with van der Waals surface area (Å²) in [5.41, 5.74) is 7.97. The van der Waals surface area contributed by atoms with Gasteiger partial charge in [-0.1, -0.05) is 18.2 Å². The van der Waals surface area contributed by atoms with Crippen molar-refractivity contribution in [1.82, 2.24) is 15.8 Å². The molecule has 1 fully saturated rings. The van der Waals surface area contributed by atoms with Gasteiger partial charge in [0.05, 0.1) is 11.9 Å². The minimum Gasteiger partial charge on any atom is -0.369 e. The monoisotopic (exact) mass is 485 g/mol. The van der Waals surface area contributed by atoms with Crippen molar-refractivity contribution in [3.05, 3.63) is 59.7 Å². The first kappa shape index (κ1) is 24.0. The van der Waals surface area contributed by atoms with E-state index < -0.39 is 15.9 Å². The predicted octanol–water partition coefficient (Wildman–Crippen LogP) is 1.37. The van der Waals surface area contributed by atoms with E-state index in [9.17, 15) is 18.0 Å². The van der Waals surface area contributed by atoms with Gasteiger partial charge >= 0.3 is 0 Å². The average molecular weight is 486 g/mol. The summed E-state index contributed by atoms with van der Waals surface area (Å²) in [6.07, 6.45) is 2.87. The maximum absolute atomic E-state index is 12.5. The maximum Gasteiger partial charge on any atom is 0.269 e. The highest BCUT2D eigenvalue weighted by Gasteiger charge is 2.25. The van der Waals surface area contributed by atoms with E-state index in [0.717, 1.165) is 31.7 Å². The first-order chi connectivity index (χ1) is 16.3. The lowest BCUT2D eigenvalue weighted by atomic mass is 10.0. The van der Waals surface area contributed by atoms with Crippen LogP contribution in [0.1, 0.15) is 28.8 Å². The molecule has 2 aromatic rings. The van der Waals surface area contributed by atoms with Gasteiger partial charge in [0.15, 0.2) is 0 Å². The number of hydrogen-bond acceptors (Lipinski definition) is 6. The molecule has 182 valence electrons. The number of rotatable bonds is 6. The number of fused-ring (bicyclic) bond motifs is 1. The second-order valence-corrected chi connectivity index (χ2v) is 10.6. The molecule has 4 rings (SSSR count). The van der Waals surface area contributed by atoms with Crippen LogP contribution in [-0.4, -0.2) is 70.7 Å². The molecular formula is C24H31N5O4S. The Bertz CT molecular complexity index is 1130. The van der Waals surface area contributed by atoms with Gasteiger partial charge in [0, 0.05) is 56.9 Å². The second kappa shape index (κ2) is 10.4. The zero-order valence-corrected chi connectivity index (χ0v) is 20.2. The summed E-state index contributed by atoms with van der Waals surface area (Å²) in [5, 5.41) is 0. The third kappa shape index (κ3) is 5.87. The number of carbonyl (C=O) groups is 2. The average Bonchev–Trinajstić information content (AvgIpc) is 2.85. The Kier molecular flexibility index (Phi) is 7.38. The fourth-order valence-electron chi connectivity index (χ4n) is 4.44. The van der Waals surface area contributed by atoms with E-state index in [-0.39, 0.29) is 5.91 Å². The van der Waals surface area contributed by atoms with Crippen LogP contribution < -0.4 is 20.1 Å². The first-order valence-corrected chi connectivity index (χ1v) is 13.4. The van der Waals surface area contributed by atoms with Gasteiger partial charge in [-0.15, -0.1) is 0 Å². The van der Waals surface area contributed by atoms with Gasteiger partial charge in [-0.3, -0.25) is 29.6 Å². The smallest absolute Gasteiger partial charge is 0.269 e. The van der Waals surface area contributed by atoms with Crippen LogP contribution in [0.15, 0.2) is 48.5 Å². The number of nitrogens with zero attached hydrogens (tertiary/aromatic N) is 3. The summed E-state index contributed by atoms with van der Waals surface area (Å²) in [5.74, 6) is -0.677. The Labute approximate surface area is 200 Å². The Balaban J connectivity index is 1.22. The molecule has 0 radical (unpaired) electrons. The maximum atomic E-state index is 12.5. The number of hydrogen-bond donors (Lipinski definition) is 2. The summed E-state index contributed by atoms with van der Waals surface area (Å²) in [6, 6.07) is 15.2. The molecule has 0 saturated carbocycles. The summed E-state index contributed by atoms with van der Waals surface area (Å²) >= 11 is 0. The lowest BCUT2D eigenvalue weighted by molar-refractivity contribution is -0.122. The zero-order valence-electron chi connectivity index (χ0n) is 19.4. The van der Waals surface area contributed by atoms with E-state index in [1.807, 2.05) is 18.2 Å². The van der Waals surface area contributed by atoms with E-state index in [1.165, 1.54) is 16.2 Å². The molecule has 2 aliphatic heterocycles. The van der Waals surface area contributed by atoms with Crippen LogP contribution in [0, 0.1) is 0 Å². The lowest BCUT2D eigenvalue weighted by Gasteiger charge is -2.36. The van der Waals surface area contributed by atoms with Crippen LogP contribution in [-0.2, 0) is 21.2 Å². The predicted molar refractivity (Wildman–Crippen MR) is 132 cm³/mol. The van der Waals surface area contributed by atoms with Gasteiger partial charge < -0.3 is 4.90 Å². The second-order valence-electron chi connectivity index (χ2n) is 8.70. The summed E-state index contributed by atoms with van der Waals surface area (Å²) < 4.78 is 25.4. The standard InChI is InChI=1S/C24H31N5O4S/c1-34(32,33)29-12-5-6-19-18-20(9-10-22(19)29)24(31)26-25-23(30)11-13-27-14-16-28(17-15-27)21-7-3-2-4-8-21/h2-4,7-10,18H,5-6,11-17H2,1H3,(H,25,30)(H,26,31). The van der Waals surface area contributed by atoms with Gasteiger partial charge in [0.25, 0.3) is 5.91 Å². The van der Waals surface area contributed by atoms with Crippen LogP contribution in [0.4, 0.5) is 11.4 Å². The Morgan fingerprint density at radius 2 is 1.68 bits per heavy atom. The van der Waals surface area contributed by atoms with Crippen molar-refractivity contribution in [2.45, 2.75) is 19.3 Å². The van der Waals surface area contributed by atoms with Crippen LogP contribution >= 0.6 is 0 Å². The van der Waals surface area contributed by atoms with Crippen molar-refractivity contribution >= 4 is 33.2 Å². The van der Waals surface area contributed by atoms with Crippen molar-refractivity contribution in [1.29, 1.82) is 0 Å². The molecule has 0 unspecified atom stereocenters. The molecule has 2 heterocycles. The molecule has 0 bridgehead atoms. The van der Waals surface area contributed by atoms with Gasteiger partial charge in [-0.05, 0) is 48.7 Å². The number of aryl methyl sites for hydroxylation is 1. The van der Waals surface area contributed by atoms with E-state index in [2.05, 4.69) is 32.8 Å². The number of carbonyl (C=O) groups excluding carboxylic acids is 2. The fraction of sp³-hybridized carbons (Fsp3) is 0.417. The van der Waals surface area contributed by atoms with Crippen LogP contribution in [0.5, 0.6) is 0 Å². The molecule has 2 N–H and O–H groups in total. The number of anilines is 2. The number of benzene rings is 2. The normalized spacial score (nSPS) is 16.6. The van der Waals surface area contributed by atoms with Crippen LogP contribution in [0.3, 0.4) is 0 Å². The van der Waals surface area contributed by atoms with Gasteiger partial charge in [0.1, 0.15) is 0 Å². The number of sulfonamides is 1. The Morgan fingerprint density at radius 3 is 2.38 bits per heavy atom. The first-order valence-electron chi connectivity index (χ1n) is 11.5. The van der Waals surface area contributed by atoms with Crippen LogP contribution in [0.2, 0.25) is 0 Å². The highest BCUT2D eigenvalue weighted by Crippen LogP contribution is 2.29. The number of piperazine rings is 1. The molecule has 0 atom stereocenters. The van der Waals surface area contributed by atoms with Gasteiger partial charge in [-0.25, -0.2) is 8.42 Å². The molecule has 2 aliphatic rings. The molecule has 1 saturated heterocycles. The minimum atomic E-state index is -3.36. The van der Waals surface area contributed by atoms with Crippen molar-refractivity contribution in [2.75, 3.05) is 54.7 Å². The molecule has 0 aliphatic carbocycles. The SMILES string of the molecule is CS(=O)(=O)N1CCCc2cc(C(=O)NNC(=O)CCN3CCN(c4ccccc4)CC3)ccc21. The Morgan fingerprint density at radius 1 is 0.941 bits per heavy atom. The quantitative estimate of drug-likeness (QED) is 0.600. The van der Waals surface area contributed by atoms with E-state index in [0.29, 0.717) is 43.6 Å². The highest BCUT2D eigenvalue weighted by atomic mass is 32.2. The lowest BCUT2D eigenvalue weighted by Crippen LogP contribution is -2.48. The van der Waals surface area contributed by atoms with Crippen LogP contribution in [0.25, 0.3) is 0 Å². The summed E-state index contributed by atoms with van der Waals surface area (Å²) in [7, 11) is -3.36. The number of hydrazine groups is 1. The van der Waals surface area contributed by atoms with Gasteiger partial charge in [0.2, 0.25) is 15.9 Å². The van der Waals surface area contributed by atoms with E-state index in [1.54, 1.807) is 18.2 Å². The third-order valence-corrected chi connectivity index (χ3v) is 7.46. The van der Waals surface area contributed by atoms with E-state index >= 15 is 0 Å². The molecule has 0 spiro atoms. The molecule has 34 heavy (non-hydrogen) atoms. The number of para-hydroxylation sites is 1. The fourth-order valence-corrected chi connectivity index (χ4v) is 5.43. The van der Waals surface area contributed by atoms with Crippen molar-refractivity contribution in [3.63, 3.8) is 0 Å². The molecule has 10 heteroatoms. The topological polar surface area (TPSA) is 102 Å². The molecule has 2 aromatic carbocycles. The molecule has 9 nitrogen and oxygen atoms in total. The summed E-state index contributed by atoms with van der Waals surface area (Å²) in [4.78, 5) is 29.4. The van der Waals surface area contributed by atoms with Gasteiger partial charge in [-0.2, -0.15) is 0 Å².